The normalized spacial score (nSPS) is 14.6. The van der Waals surface area contributed by atoms with Gasteiger partial charge in [-0.25, -0.2) is 4.79 Å². The number of ether oxygens (including phenoxy) is 4. The largest absolute Gasteiger partial charge is 0.444 e. The average molecular weight is 425 g/mol. The molecule has 0 aliphatic carbocycles. The van der Waals surface area contributed by atoms with Crippen molar-refractivity contribution in [2.45, 2.75) is 71.7 Å². The lowest BCUT2D eigenvalue weighted by Gasteiger charge is -2.33. The van der Waals surface area contributed by atoms with E-state index < -0.39 is 30.2 Å². The Balaban J connectivity index is 3.06. The van der Waals surface area contributed by atoms with Crippen molar-refractivity contribution in [2.24, 2.45) is 0 Å². The summed E-state index contributed by atoms with van der Waals surface area (Å²) in [5.74, 6) is 0. The zero-order valence-corrected chi connectivity index (χ0v) is 18.8. The van der Waals surface area contributed by atoms with Crippen LogP contribution in [0, 0.1) is 0 Å². The van der Waals surface area contributed by atoms with Crippen molar-refractivity contribution < 1.29 is 28.5 Å². The van der Waals surface area contributed by atoms with Crippen LogP contribution in [0.1, 0.15) is 53.2 Å². The van der Waals surface area contributed by atoms with Gasteiger partial charge in [-0.05, 0) is 47.1 Å². The van der Waals surface area contributed by atoms with Gasteiger partial charge in [0.15, 0.2) is 6.29 Å². The van der Waals surface area contributed by atoms with Gasteiger partial charge in [0.25, 0.3) is 0 Å². The molecule has 0 saturated carbocycles. The first kappa shape index (κ1) is 25.9. The molecule has 0 radical (unpaired) electrons. The standard InChI is InChI=1S/C22H36N2O6/c1-7-27-20(28-8-2)18(14-23-21(26)30-22(4,5)6)29-19(16(3)24-15-25)17-12-10-9-11-13-17/h9-13,15-16,18-20H,7-8,14H2,1-6H3,(H,23,26)(H,24,25)/t16-,18-,19-/m0/s1. The molecule has 0 saturated heterocycles. The highest BCUT2D eigenvalue weighted by Crippen LogP contribution is 2.25. The van der Waals surface area contributed by atoms with E-state index in [0.717, 1.165) is 5.56 Å². The Morgan fingerprint density at radius 2 is 1.70 bits per heavy atom. The summed E-state index contributed by atoms with van der Waals surface area (Å²) in [6.45, 7) is 11.9. The Hall–Kier alpha value is -2.16. The van der Waals surface area contributed by atoms with Crippen LogP contribution >= 0.6 is 0 Å². The Kier molecular flexibility index (Phi) is 11.4. The van der Waals surface area contributed by atoms with Gasteiger partial charge in [-0.1, -0.05) is 30.3 Å². The molecule has 0 aromatic heterocycles. The van der Waals surface area contributed by atoms with E-state index in [4.69, 9.17) is 18.9 Å². The zero-order valence-electron chi connectivity index (χ0n) is 18.8. The molecule has 0 bridgehead atoms. The van der Waals surface area contributed by atoms with Crippen LogP contribution in [-0.2, 0) is 23.7 Å². The summed E-state index contributed by atoms with van der Waals surface area (Å²) in [5.41, 5.74) is 0.266. The fraction of sp³-hybridized carbons (Fsp3) is 0.636. The van der Waals surface area contributed by atoms with Gasteiger partial charge in [0.1, 0.15) is 17.8 Å². The summed E-state index contributed by atoms with van der Waals surface area (Å²) >= 11 is 0. The number of benzene rings is 1. The fourth-order valence-corrected chi connectivity index (χ4v) is 2.81. The summed E-state index contributed by atoms with van der Waals surface area (Å²) in [6.07, 6.45) is -1.74. The van der Waals surface area contributed by atoms with Gasteiger partial charge in [-0.2, -0.15) is 0 Å². The van der Waals surface area contributed by atoms with Crippen LogP contribution in [0.2, 0.25) is 0 Å². The third-order valence-electron chi connectivity index (χ3n) is 4.05. The average Bonchev–Trinajstić information content (AvgIpc) is 2.67. The number of carbonyl (C=O) groups is 2. The number of hydrogen-bond donors (Lipinski definition) is 2. The maximum atomic E-state index is 12.2. The maximum absolute atomic E-state index is 12.2. The van der Waals surface area contributed by atoms with E-state index in [1.165, 1.54) is 0 Å². The third kappa shape index (κ3) is 9.56. The minimum atomic E-state index is -0.704. The second kappa shape index (κ2) is 13.2. The van der Waals surface area contributed by atoms with Crippen LogP contribution in [0.4, 0.5) is 4.79 Å². The van der Waals surface area contributed by atoms with Crippen molar-refractivity contribution in [3.8, 4) is 0 Å². The summed E-state index contributed by atoms with van der Waals surface area (Å²) in [6, 6.07) is 9.22. The van der Waals surface area contributed by atoms with E-state index >= 15 is 0 Å². The highest BCUT2D eigenvalue weighted by molar-refractivity contribution is 5.67. The van der Waals surface area contributed by atoms with Crippen LogP contribution in [0.3, 0.4) is 0 Å². The molecule has 0 aliphatic rings. The number of rotatable bonds is 13. The van der Waals surface area contributed by atoms with Crippen molar-refractivity contribution in [3.05, 3.63) is 35.9 Å². The SMILES string of the molecule is CCOC(OCC)[C@H](CNC(=O)OC(C)(C)C)O[C@H](c1ccccc1)[C@H](C)NC=O. The monoisotopic (exact) mass is 424 g/mol. The minimum absolute atomic E-state index is 0.108. The smallest absolute Gasteiger partial charge is 0.407 e. The Labute approximate surface area is 179 Å². The van der Waals surface area contributed by atoms with E-state index in [2.05, 4.69) is 10.6 Å². The van der Waals surface area contributed by atoms with E-state index in [9.17, 15) is 9.59 Å². The molecule has 0 unspecified atom stereocenters. The van der Waals surface area contributed by atoms with Crippen molar-refractivity contribution in [3.63, 3.8) is 0 Å². The highest BCUT2D eigenvalue weighted by Gasteiger charge is 2.31. The third-order valence-corrected chi connectivity index (χ3v) is 4.05. The number of amides is 2. The van der Waals surface area contributed by atoms with Gasteiger partial charge >= 0.3 is 6.09 Å². The lowest BCUT2D eigenvalue weighted by molar-refractivity contribution is -0.215. The molecule has 8 heteroatoms. The van der Waals surface area contributed by atoms with E-state index in [-0.39, 0.29) is 12.6 Å². The lowest BCUT2D eigenvalue weighted by Crippen LogP contribution is -2.47. The minimum Gasteiger partial charge on any atom is -0.444 e. The van der Waals surface area contributed by atoms with E-state index in [0.29, 0.717) is 19.6 Å². The number of nitrogens with one attached hydrogen (secondary N) is 2. The first-order chi connectivity index (χ1) is 14.2. The van der Waals surface area contributed by atoms with Gasteiger partial charge in [0.05, 0.1) is 12.6 Å². The topological polar surface area (TPSA) is 95.1 Å². The van der Waals surface area contributed by atoms with Crippen LogP contribution in [0.25, 0.3) is 0 Å². The predicted octanol–water partition coefficient (Wildman–Crippen LogP) is 3.17. The zero-order chi connectivity index (χ0) is 22.6. The van der Waals surface area contributed by atoms with Crippen LogP contribution in [0.5, 0.6) is 0 Å². The summed E-state index contributed by atoms with van der Waals surface area (Å²) in [5, 5.41) is 5.48. The van der Waals surface area contributed by atoms with Gasteiger partial charge in [0, 0.05) is 13.2 Å². The van der Waals surface area contributed by atoms with Crippen molar-refractivity contribution in [2.75, 3.05) is 19.8 Å². The molecule has 0 heterocycles. The predicted molar refractivity (Wildman–Crippen MR) is 114 cm³/mol. The van der Waals surface area contributed by atoms with Crippen molar-refractivity contribution >= 4 is 12.5 Å². The molecule has 8 nitrogen and oxygen atoms in total. The van der Waals surface area contributed by atoms with Gasteiger partial charge in [-0.15, -0.1) is 0 Å². The quantitative estimate of drug-likeness (QED) is 0.373. The number of carbonyl (C=O) groups excluding carboxylic acids is 2. The van der Waals surface area contributed by atoms with Gasteiger partial charge in [-0.3, -0.25) is 4.79 Å². The molecule has 30 heavy (non-hydrogen) atoms. The first-order valence-corrected chi connectivity index (χ1v) is 10.3. The molecule has 1 aromatic rings. The Morgan fingerprint density at radius 1 is 1.10 bits per heavy atom. The lowest BCUT2D eigenvalue weighted by atomic mass is 10.0. The highest BCUT2D eigenvalue weighted by atomic mass is 16.7. The molecule has 2 amide bonds. The number of alkyl carbamates (subject to hydrolysis) is 1. The van der Waals surface area contributed by atoms with Crippen LogP contribution < -0.4 is 10.6 Å². The summed E-state index contributed by atoms with van der Waals surface area (Å²) < 4.78 is 23.1. The van der Waals surface area contributed by atoms with Crippen molar-refractivity contribution in [1.82, 2.24) is 10.6 Å². The maximum Gasteiger partial charge on any atom is 0.407 e. The van der Waals surface area contributed by atoms with E-state index in [1.807, 2.05) is 51.1 Å². The summed E-state index contributed by atoms with van der Waals surface area (Å²) in [4.78, 5) is 23.2. The van der Waals surface area contributed by atoms with E-state index in [1.54, 1.807) is 20.8 Å². The van der Waals surface area contributed by atoms with Gasteiger partial charge in [0.2, 0.25) is 6.41 Å². The van der Waals surface area contributed by atoms with Crippen molar-refractivity contribution in [1.29, 1.82) is 0 Å². The van der Waals surface area contributed by atoms with Crippen LogP contribution in [0.15, 0.2) is 30.3 Å². The molecular weight excluding hydrogens is 388 g/mol. The Bertz CT molecular complexity index is 614. The molecule has 170 valence electrons. The molecule has 0 fully saturated rings. The summed E-state index contributed by atoms with van der Waals surface area (Å²) in [7, 11) is 0. The molecule has 1 aromatic carbocycles. The second-order valence-corrected chi connectivity index (χ2v) is 7.74. The van der Waals surface area contributed by atoms with Crippen LogP contribution in [-0.4, -0.2) is 56.3 Å². The number of hydrogen-bond acceptors (Lipinski definition) is 6. The second-order valence-electron chi connectivity index (χ2n) is 7.74. The van der Waals surface area contributed by atoms with Gasteiger partial charge < -0.3 is 29.6 Å². The first-order valence-electron chi connectivity index (χ1n) is 10.3. The molecule has 0 spiro atoms. The molecule has 2 N–H and O–H groups in total. The Morgan fingerprint density at radius 3 is 2.20 bits per heavy atom. The molecule has 1 rings (SSSR count). The fourth-order valence-electron chi connectivity index (χ4n) is 2.81. The molecule has 3 atom stereocenters. The molecular formula is C22H36N2O6. The molecule has 0 aliphatic heterocycles.